The van der Waals surface area contributed by atoms with Gasteiger partial charge in [-0.1, -0.05) is 41.6 Å². The second-order valence-corrected chi connectivity index (χ2v) is 10.8. The van der Waals surface area contributed by atoms with E-state index in [0.29, 0.717) is 12.6 Å². The second kappa shape index (κ2) is 7.24. The van der Waals surface area contributed by atoms with Crippen molar-refractivity contribution in [3.8, 4) is 0 Å². The predicted octanol–water partition coefficient (Wildman–Crippen LogP) is 2.99. The third-order valence-corrected chi connectivity index (χ3v) is 8.26. The Kier molecular flexibility index (Phi) is 5.14. The topological polar surface area (TPSA) is 57.7 Å². The van der Waals surface area contributed by atoms with Gasteiger partial charge in [0.25, 0.3) is 0 Å². The molecule has 1 amide bonds. The fourth-order valence-corrected chi connectivity index (χ4v) is 7.06. The number of nitrogens with zero attached hydrogens (tertiary/aromatic N) is 2. The maximum absolute atomic E-state index is 13.1. The number of carbonyl (C=O) groups is 1. The highest BCUT2D eigenvalue weighted by molar-refractivity contribution is 9.10. The van der Waals surface area contributed by atoms with Crippen LogP contribution < -0.4 is 4.90 Å². The van der Waals surface area contributed by atoms with Crippen molar-refractivity contribution < 1.29 is 13.2 Å². The minimum atomic E-state index is -3.13. The first-order valence-corrected chi connectivity index (χ1v) is 12.1. The lowest BCUT2D eigenvalue weighted by Crippen LogP contribution is -2.64. The largest absolute Gasteiger partial charge is 0.306 e. The minimum Gasteiger partial charge on any atom is -0.306 e. The molecule has 1 aromatic rings. The monoisotopic (exact) mass is 440 g/mol. The number of amides is 1. The molecule has 3 aliphatic rings. The van der Waals surface area contributed by atoms with Crippen LogP contribution in [-0.4, -0.2) is 55.4 Å². The molecule has 7 heteroatoms. The third-order valence-electron chi connectivity index (χ3n) is 6.04. The Morgan fingerprint density at radius 1 is 0.923 bits per heavy atom. The lowest BCUT2D eigenvalue weighted by Gasteiger charge is -2.46. The first-order valence-electron chi connectivity index (χ1n) is 9.48. The molecule has 2 saturated heterocycles. The standard InChI is InChI=1S/C19H25BrN2O3S/c20-14-7-9-16(10-8-14)22-18-13-26(24,25)12-17(18)21(11-19(22)23)15-5-3-1-2-4-6-15/h7-10,15,17-18H,1-6,11-13H2/t17-,18+/m0/s1. The fraction of sp³-hybridized carbons (Fsp3) is 0.632. The van der Waals surface area contributed by atoms with Gasteiger partial charge in [0.1, 0.15) is 0 Å². The van der Waals surface area contributed by atoms with Crippen molar-refractivity contribution in [2.75, 3.05) is 23.0 Å². The van der Waals surface area contributed by atoms with Gasteiger partial charge in [-0.15, -0.1) is 0 Å². The average molecular weight is 441 g/mol. The molecule has 0 spiro atoms. The predicted molar refractivity (Wildman–Crippen MR) is 106 cm³/mol. The Morgan fingerprint density at radius 3 is 2.19 bits per heavy atom. The van der Waals surface area contributed by atoms with Gasteiger partial charge in [0.15, 0.2) is 9.84 Å². The molecule has 3 fully saturated rings. The van der Waals surface area contributed by atoms with Crippen LogP contribution in [0, 0.1) is 0 Å². The van der Waals surface area contributed by atoms with Crippen LogP contribution in [0.2, 0.25) is 0 Å². The van der Waals surface area contributed by atoms with Crippen molar-refractivity contribution in [3.63, 3.8) is 0 Å². The maximum Gasteiger partial charge on any atom is 0.241 e. The third kappa shape index (κ3) is 3.58. The zero-order valence-electron chi connectivity index (χ0n) is 14.8. The van der Waals surface area contributed by atoms with Crippen LogP contribution in [0.25, 0.3) is 0 Å². The zero-order valence-corrected chi connectivity index (χ0v) is 17.2. The van der Waals surface area contributed by atoms with Crippen LogP contribution in [0.3, 0.4) is 0 Å². The Bertz CT molecular complexity index is 772. The number of sulfone groups is 1. The van der Waals surface area contributed by atoms with E-state index in [9.17, 15) is 13.2 Å². The number of benzene rings is 1. The average Bonchev–Trinajstić information content (AvgIpc) is 2.76. The van der Waals surface area contributed by atoms with Gasteiger partial charge in [-0.2, -0.15) is 0 Å². The van der Waals surface area contributed by atoms with Gasteiger partial charge in [0.05, 0.1) is 24.1 Å². The molecule has 1 aromatic carbocycles. The number of fused-ring (bicyclic) bond motifs is 1. The van der Waals surface area contributed by atoms with Crippen LogP contribution in [0.1, 0.15) is 38.5 Å². The van der Waals surface area contributed by atoms with Gasteiger partial charge in [0.2, 0.25) is 5.91 Å². The van der Waals surface area contributed by atoms with Crippen molar-refractivity contribution in [1.29, 1.82) is 0 Å². The van der Waals surface area contributed by atoms with E-state index in [-0.39, 0.29) is 29.5 Å². The molecule has 4 rings (SSSR count). The van der Waals surface area contributed by atoms with E-state index >= 15 is 0 Å². The Morgan fingerprint density at radius 2 is 1.54 bits per heavy atom. The Labute approximate surface area is 163 Å². The van der Waals surface area contributed by atoms with E-state index in [2.05, 4.69) is 20.8 Å². The molecule has 2 atom stereocenters. The molecule has 2 heterocycles. The van der Waals surface area contributed by atoms with Crippen molar-refractivity contribution in [3.05, 3.63) is 28.7 Å². The van der Waals surface area contributed by atoms with Gasteiger partial charge in [-0.3, -0.25) is 9.69 Å². The first-order chi connectivity index (χ1) is 12.4. The van der Waals surface area contributed by atoms with Gasteiger partial charge in [-0.25, -0.2) is 8.42 Å². The van der Waals surface area contributed by atoms with Gasteiger partial charge in [-0.05, 0) is 37.1 Å². The molecule has 0 bridgehead atoms. The van der Waals surface area contributed by atoms with Crippen molar-refractivity contribution in [2.24, 2.45) is 0 Å². The highest BCUT2D eigenvalue weighted by atomic mass is 79.9. The molecule has 0 aromatic heterocycles. The molecule has 0 radical (unpaired) electrons. The van der Waals surface area contributed by atoms with Crippen LogP contribution in [0.5, 0.6) is 0 Å². The summed E-state index contributed by atoms with van der Waals surface area (Å²) in [5.41, 5.74) is 0.797. The molecule has 1 saturated carbocycles. The first kappa shape index (κ1) is 18.4. The molecule has 5 nitrogen and oxygen atoms in total. The Hall–Kier alpha value is -0.920. The normalized spacial score (nSPS) is 30.2. The summed E-state index contributed by atoms with van der Waals surface area (Å²) >= 11 is 3.42. The SMILES string of the molecule is O=C1CN(C2CCCCCC2)[C@H]2CS(=O)(=O)C[C@H]2N1c1ccc(Br)cc1. The molecule has 26 heavy (non-hydrogen) atoms. The summed E-state index contributed by atoms with van der Waals surface area (Å²) in [6.45, 7) is 0.331. The fourth-order valence-electron chi connectivity index (χ4n) is 4.83. The number of piperazine rings is 1. The van der Waals surface area contributed by atoms with E-state index < -0.39 is 9.84 Å². The molecular weight excluding hydrogens is 416 g/mol. The van der Waals surface area contributed by atoms with Crippen LogP contribution in [0.15, 0.2) is 28.7 Å². The quantitative estimate of drug-likeness (QED) is 0.663. The number of carbonyl (C=O) groups excluding carboxylic acids is 1. The zero-order chi connectivity index (χ0) is 18.3. The molecule has 0 unspecified atom stereocenters. The number of anilines is 1. The van der Waals surface area contributed by atoms with Crippen molar-refractivity contribution >= 4 is 37.4 Å². The minimum absolute atomic E-state index is 0.0231. The van der Waals surface area contributed by atoms with Crippen molar-refractivity contribution in [2.45, 2.75) is 56.7 Å². The summed E-state index contributed by atoms with van der Waals surface area (Å²) in [5.74, 6) is 0.270. The number of hydrogen-bond acceptors (Lipinski definition) is 4. The van der Waals surface area contributed by atoms with E-state index in [1.54, 1.807) is 4.90 Å². The molecule has 0 N–H and O–H groups in total. The molecular formula is C19H25BrN2O3S. The molecule has 1 aliphatic carbocycles. The molecule has 142 valence electrons. The second-order valence-electron chi connectivity index (χ2n) is 7.77. The van der Waals surface area contributed by atoms with E-state index in [1.165, 1.54) is 25.7 Å². The van der Waals surface area contributed by atoms with E-state index in [4.69, 9.17) is 0 Å². The highest BCUT2D eigenvalue weighted by Crippen LogP contribution is 2.35. The maximum atomic E-state index is 13.1. The summed E-state index contributed by atoms with van der Waals surface area (Å²) in [5, 5.41) is 0. The van der Waals surface area contributed by atoms with Crippen LogP contribution in [0.4, 0.5) is 5.69 Å². The van der Waals surface area contributed by atoms with Crippen molar-refractivity contribution in [1.82, 2.24) is 4.90 Å². The lowest BCUT2D eigenvalue weighted by atomic mass is 9.97. The summed E-state index contributed by atoms with van der Waals surface area (Å²) in [4.78, 5) is 17.0. The smallest absolute Gasteiger partial charge is 0.241 e. The lowest BCUT2D eigenvalue weighted by molar-refractivity contribution is -0.124. The molecule has 2 aliphatic heterocycles. The number of hydrogen-bond donors (Lipinski definition) is 0. The van der Waals surface area contributed by atoms with Gasteiger partial charge >= 0.3 is 0 Å². The van der Waals surface area contributed by atoms with E-state index in [0.717, 1.165) is 23.0 Å². The summed E-state index contributed by atoms with van der Waals surface area (Å²) < 4.78 is 25.9. The van der Waals surface area contributed by atoms with Crippen LogP contribution >= 0.6 is 15.9 Å². The number of halogens is 1. The van der Waals surface area contributed by atoms with Crippen LogP contribution in [-0.2, 0) is 14.6 Å². The summed E-state index contributed by atoms with van der Waals surface area (Å²) in [6.07, 6.45) is 7.00. The number of rotatable bonds is 2. The van der Waals surface area contributed by atoms with Gasteiger partial charge < -0.3 is 4.90 Å². The van der Waals surface area contributed by atoms with Gasteiger partial charge in [0, 0.05) is 22.2 Å². The summed E-state index contributed by atoms with van der Waals surface area (Å²) in [7, 11) is -3.13. The summed E-state index contributed by atoms with van der Waals surface area (Å²) in [6, 6.07) is 7.58. The van der Waals surface area contributed by atoms with E-state index in [1.807, 2.05) is 24.3 Å². The highest BCUT2D eigenvalue weighted by Gasteiger charge is 2.51. The Balaban J connectivity index is 1.66.